The first-order chi connectivity index (χ1) is 8.52. The molecule has 2 aromatic rings. The number of hydrogen-bond acceptors (Lipinski definition) is 2. The number of aryl methyl sites for hydroxylation is 1. The molecule has 4 nitrogen and oxygen atoms in total. The van der Waals surface area contributed by atoms with E-state index in [1.807, 2.05) is 36.0 Å². The van der Waals surface area contributed by atoms with Gasteiger partial charge in [-0.05, 0) is 31.0 Å². The van der Waals surface area contributed by atoms with E-state index in [0.29, 0.717) is 5.02 Å². The fourth-order valence-corrected chi connectivity index (χ4v) is 2.61. The molecule has 0 radical (unpaired) electrons. The third-order valence-corrected chi connectivity index (χ3v) is 3.66. The first-order valence-electron chi connectivity index (χ1n) is 5.69. The number of hydrogen-bond donors (Lipinski definition) is 1. The molecule has 1 saturated carbocycles. The first kappa shape index (κ1) is 11.4. The predicted octanol–water partition coefficient (Wildman–Crippen LogP) is 3.52. The van der Waals surface area contributed by atoms with Crippen LogP contribution in [0.4, 0.5) is 4.79 Å². The minimum absolute atomic E-state index is 0.640. The van der Waals surface area contributed by atoms with Crippen LogP contribution in [0.1, 0.15) is 18.4 Å². The standard InChI is InChI=1S/C13H12ClNO3/c1-15-7-10(13(4-5-13)18-12(16)17)9-6-8(14)2-3-11(9)15/h2-3,6-7H,4-5H2,1H3,(H,16,17). The Morgan fingerprint density at radius 1 is 1.50 bits per heavy atom. The van der Waals surface area contributed by atoms with Crippen molar-refractivity contribution in [2.75, 3.05) is 0 Å². The zero-order valence-electron chi connectivity index (χ0n) is 9.81. The molecule has 0 unspecified atom stereocenters. The van der Waals surface area contributed by atoms with Crippen LogP contribution in [-0.2, 0) is 17.4 Å². The van der Waals surface area contributed by atoms with Crippen molar-refractivity contribution in [2.24, 2.45) is 7.05 Å². The molecular weight excluding hydrogens is 254 g/mol. The smallest absolute Gasteiger partial charge is 0.450 e. The van der Waals surface area contributed by atoms with Crippen molar-refractivity contribution in [3.05, 3.63) is 35.0 Å². The van der Waals surface area contributed by atoms with E-state index in [4.69, 9.17) is 21.4 Å². The highest BCUT2D eigenvalue weighted by atomic mass is 35.5. The lowest BCUT2D eigenvalue weighted by molar-refractivity contribution is 0.0381. The summed E-state index contributed by atoms with van der Waals surface area (Å²) in [5.74, 6) is 0. The van der Waals surface area contributed by atoms with Gasteiger partial charge in [-0.25, -0.2) is 4.79 Å². The van der Waals surface area contributed by atoms with Crippen molar-refractivity contribution in [2.45, 2.75) is 18.4 Å². The fraction of sp³-hybridized carbons (Fsp3) is 0.308. The van der Waals surface area contributed by atoms with E-state index in [-0.39, 0.29) is 0 Å². The summed E-state index contributed by atoms with van der Waals surface area (Å²) in [6.07, 6.45) is 2.15. The maximum absolute atomic E-state index is 10.8. The first-order valence-corrected chi connectivity index (χ1v) is 6.07. The molecule has 5 heteroatoms. The molecule has 1 fully saturated rings. The molecular formula is C13H12ClNO3. The Morgan fingerprint density at radius 2 is 2.22 bits per heavy atom. The number of benzene rings is 1. The van der Waals surface area contributed by atoms with Crippen molar-refractivity contribution in [1.82, 2.24) is 4.57 Å². The molecule has 1 aromatic carbocycles. The number of carbonyl (C=O) groups is 1. The highest BCUT2D eigenvalue weighted by Crippen LogP contribution is 2.52. The SMILES string of the molecule is Cn1cc(C2(OC(=O)O)CC2)c2cc(Cl)ccc21. The summed E-state index contributed by atoms with van der Waals surface area (Å²) in [5, 5.41) is 10.4. The summed E-state index contributed by atoms with van der Waals surface area (Å²) in [4.78, 5) is 10.8. The summed E-state index contributed by atoms with van der Waals surface area (Å²) in [7, 11) is 1.93. The molecule has 3 rings (SSSR count). The second-order valence-corrected chi connectivity index (χ2v) is 5.11. The van der Waals surface area contributed by atoms with Crippen LogP contribution in [0.3, 0.4) is 0 Å². The van der Waals surface area contributed by atoms with Gasteiger partial charge in [-0.1, -0.05) is 11.6 Å². The number of halogens is 1. The van der Waals surface area contributed by atoms with Crippen molar-refractivity contribution in [1.29, 1.82) is 0 Å². The average molecular weight is 266 g/mol. The van der Waals surface area contributed by atoms with E-state index < -0.39 is 11.8 Å². The van der Waals surface area contributed by atoms with Crippen LogP contribution in [0.5, 0.6) is 0 Å². The largest absolute Gasteiger partial charge is 0.506 e. The number of ether oxygens (including phenoxy) is 1. The zero-order chi connectivity index (χ0) is 12.9. The van der Waals surface area contributed by atoms with Gasteiger partial charge in [0.2, 0.25) is 0 Å². The van der Waals surface area contributed by atoms with Gasteiger partial charge in [0.25, 0.3) is 0 Å². The minimum Gasteiger partial charge on any atom is -0.450 e. The number of nitrogens with zero attached hydrogens (tertiary/aromatic N) is 1. The summed E-state index contributed by atoms with van der Waals surface area (Å²) >= 11 is 6.01. The van der Waals surface area contributed by atoms with Gasteiger partial charge < -0.3 is 14.4 Å². The Kier molecular flexibility index (Phi) is 2.32. The second-order valence-electron chi connectivity index (χ2n) is 4.68. The highest BCUT2D eigenvalue weighted by Gasteiger charge is 2.50. The second kappa shape index (κ2) is 3.65. The van der Waals surface area contributed by atoms with Crippen LogP contribution in [0, 0.1) is 0 Å². The Hall–Kier alpha value is -1.68. The summed E-state index contributed by atoms with van der Waals surface area (Å²) in [5.41, 5.74) is 1.26. The van der Waals surface area contributed by atoms with Gasteiger partial charge >= 0.3 is 6.16 Å². The fourth-order valence-electron chi connectivity index (χ4n) is 2.43. The van der Waals surface area contributed by atoms with Crippen LogP contribution in [0.25, 0.3) is 10.9 Å². The van der Waals surface area contributed by atoms with Gasteiger partial charge in [-0.2, -0.15) is 0 Å². The Labute approximate surface area is 109 Å². The molecule has 18 heavy (non-hydrogen) atoms. The number of rotatable bonds is 2. The van der Waals surface area contributed by atoms with E-state index in [0.717, 1.165) is 29.3 Å². The number of fused-ring (bicyclic) bond motifs is 1. The topological polar surface area (TPSA) is 51.5 Å². The lowest BCUT2D eigenvalue weighted by Gasteiger charge is -2.13. The molecule has 1 aliphatic rings. The molecule has 94 valence electrons. The van der Waals surface area contributed by atoms with Crippen molar-refractivity contribution in [3.8, 4) is 0 Å². The zero-order valence-corrected chi connectivity index (χ0v) is 10.6. The molecule has 0 bridgehead atoms. The molecule has 0 spiro atoms. The van der Waals surface area contributed by atoms with E-state index in [2.05, 4.69) is 0 Å². The lowest BCUT2D eigenvalue weighted by atomic mass is 10.1. The quantitative estimate of drug-likeness (QED) is 0.846. The van der Waals surface area contributed by atoms with Crippen LogP contribution in [0.15, 0.2) is 24.4 Å². The van der Waals surface area contributed by atoms with E-state index >= 15 is 0 Å². The normalized spacial score (nSPS) is 16.8. The number of carboxylic acid groups (broad SMARTS) is 1. The maximum atomic E-state index is 10.8. The molecule has 0 aliphatic heterocycles. The summed E-state index contributed by atoms with van der Waals surface area (Å²) < 4.78 is 7.02. The summed E-state index contributed by atoms with van der Waals surface area (Å²) in [6.45, 7) is 0. The van der Waals surface area contributed by atoms with E-state index in [1.165, 1.54) is 0 Å². The van der Waals surface area contributed by atoms with E-state index in [1.54, 1.807) is 0 Å². The number of aromatic nitrogens is 1. The molecule has 1 aromatic heterocycles. The molecule has 1 aliphatic carbocycles. The minimum atomic E-state index is -1.23. The average Bonchev–Trinajstić information content (AvgIpc) is 2.97. The summed E-state index contributed by atoms with van der Waals surface area (Å²) in [6, 6.07) is 5.61. The van der Waals surface area contributed by atoms with Crippen molar-refractivity contribution < 1.29 is 14.6 Å². The Balaban J connectivity index is 2.18. The Morgan fingerprint density at radius 3 is 2.83 bits per heavy atom. The van der Waals surface area contributed by atoms with Gasteiger partial charge in [-0.15, -0.1) is 0 Å². The van der Waals surface area contributed by atoms with Gasteiger partial charge in [0.1, 0.15) is 5.60 Å². The third-order valence-electron chi connectivity index (χ3n) is 3.43. The van der Waals surface area contributed by atoms with Gasteiger partial charge in [0, 0.05) is 34.7 Å². The van der Waals surface area contributed by atoms with Crippen LogP contribution in [-0.4, -0.2) is 15.8 Å². The van der Waals surface area contributed by atoms with Crippen LogP contribution in [0.2, 0.25) is 5.02 Å². The Bertz CT molecular complexity index is 643. The van der Waals surface area contributed by atoms with E-state index in [9.17, 15) is 4.79 Å². The van der Waals surface area contributed by atoms with Crippen molar-refractivity contribution in [3.63, 3.8) is 0 Å². The van der Waals surface area contributed by atoms with Crippen LogP contribution >= 0.6 is 11.6 Å². The van der Waals surface area contributed by atoms with Gasteiger partial charge in [-0.3, -0.25) is 0 Å². The highest BCUT2D eigenvalue weighted by molar-refractivity contribution is 6.31. The monoisotopic (exact) mass is 265 g/mol. The molecule has 0 atom stereocenters. The predicted molar refractivity (Wildman–Crippen MR) is 68.0 cm³/mol. The van der Waals surface area contributed by atoms with Gasteiger partial charge in [0.05, 0.1) is 0 Å². The molecule has 0 amide bonds. The molecule has 1 N–H and O–H groups in total. The van der Waals surface area contributed by atoms with Crippen LogP contribution < -0.4 is 0 Å². The van der Waals surface area contributed by atoms with Crippen molar-refractivity contribution >= 4 is 28.7 Å². The maximum Gasteiger partial charge on any atom is 0.506 e. The molecule has 0 saturated heterocycles. The third kappa shape index (κ3) is 1.64. The van der Waals surface area contributed by atoms with Gasteiger partial charge in [0.15, 0.2) is 0 Å². The lowest BCUT2D eigenvalue weighted by Crippen LogP contribution is -2.15. The molecule has 1 heterocycles.